The maximum Gasteiger partial charge on any atom is 0.242 e. The highest BCUT2D eigenvalue weighted by atomic mass is 79.9. The topological polar surface area (TPSA) is 75.6 Å². The Morgan fingerprint density at radius 2 is 2.29 bits per heavy atom. The largest absolute Gasteiger partial charge is 0.326 e. The molecule has 0 saturated carbocycles. The van der Waals surface area contributed by atoms with Crippen molar-refractivity contribution in [1.29, 1.82) is 0 Å². The zero-order valence-electron chi connectivity index (χ0n) is 8.88. The lowest BCUT2D eigenvalue weighted by Gasteiger charge is -2.05. The average molecular weight is 316 g/mol. The van der Waals surface area contributed by atoms with Gasteiger partial charge in [0.15, 0.2) is 0 Å². The second-order valence-electron chi connectivity index (χ2n) is 3.15. The number of nitrogens with zero attached hydrogens (tertiary/aromatic N) is 3. The molecule has 0 bridgehead atoms. The predicted molar refractivity (Wildman–Crippen MR) is 71.2 cm³/mol. The van der Waals surface area contributed by atoms with E-state index in [1.165, 1.54) is 6.92 Å². The quantitative estimate of drug-likeness (QED) is 0.829. The number of H-pyrrole nitrogens is 1. The van der Waals surface area contributed by atoms with E-state index in [-0.39, 0.29) is 22.9 Å². The molecule has 2 N–H and O–H groups in total. The van der Waals surface area contributed by atoms with Crippen molar-refractivity contribution in [2.24, 2.45) is 0 Å². The van der Waals surface area contributed by atoms with Gasteiger partial charge in [-0.15, -0.1) is 17.0 Å². The van der Waals surface area contributed by atoms with Crippen molar-refractivity contribution < 1.29 is 4.79 Å². The molecule has 0 unspecified atom stereocenters. The number of carbonyl (C=O) groups is 1. The molecule has 1 heterocycles. The Morgan fingerprint density at radius 3 is 2.88 bits per heavy atom. The van der Waals surface area contributed by atoms with Crippen LogP contribution in [0.2, 0.25) is 0 Å². The van der Waals surface area contributed by atoms with Gasteiger partial charge in [0.1, 0.15) is 0 Å². The van der Waals surface area contributed by atoms with E-state index in [0.717, 1.165) is 5.69 Å². The van der Waals surface area contributed by atoms with Crippen molar-refractivity contribution in [2.45, 2.75) is 6.92 Å². The van der Waals surface area contributed by atoms with Gasteiger partial charge in [-0.25, -0.2) is 4.68 Å². The highest BCUT2D eigenvalue weighted by Crippen LogP contribution is 2.13. The van der Waals surface area contributed by atoms with Gasteiger partial charge >= 0.3 is 0 Å². The number of aromatic amines is 1. The van der Waals surface area contributed by atoms with Crippen LogP contribution in [0.1, 0.15) is 6.92 Å². The SMILES string of the molecule is Br.CC(=O)Nc1cccc(-n2[nH]nnc2=S)c1. The lowest BCUT2D eigenvalue weighted by molar-refractivity contribution is -0.114. The molecule has 1 aromatic heterocycles. The molecule has 0 aliphatic rings. The lowest BCUT2D eigenvalue weighted by Crippen LogP contribution is -2.06. The summed E-state index contributed by atoms with van der Waals surface area (Å²) >= 11 is 4.97. The molecule has 0 aliphatic heterocycles. The Bertz CT molecular complexity index is 579. The number of nitrogens with one attached hydrogen (secondary N) is 2. The summed E-state index contributed by atoms with van der Waals surface area (Å²) in [7, 11) is 0. The molecule has 8 heteroatoms. The zero-order chi connectivity index (χ0) is 11.5. The van der Waals surface area contributed by atoms with Crippen LogP contribution in [0, 0.1) is 4.77 Å². The van der Waals surface area contributed by atoms with Gasteiger partial charge in [-0.05, 0) is 30.4 Å². The molecule has 0 aliphatic carbocycles. The summed E-state index contributed by atoms with van der Waals surface area (Å²) in [4.78, 5) is 10.9. The van der Waals surface area contributed by atoms with Crippen LogP contribution >= 0.6 is 29.2 Å². The monoisotopic (exact) mass is 315 g/mol. The minimum Gasteiger partial charge on any atom is -0.326 e. The summed E-state index contributed by atoms with van der Waals surface area (Å²) in [5.74, 6) is -0.122. The molecular weight excluding hydrogens is 306 g/mol. The number of halogens is 1. The Hall–Kier alpha value is -1.54. The molecule has 0 saturated heterocycles. The van der Waals surface area contributed by atoms with Crippen LogP contribution in [0.15, 0.2) is 24.3 Å². The van der Waals surface area contributed by atoms with Crippen LogP contribution < -0.4 is 5.32 Å². The van der Waals surface area contributed by atoms with Gasteiger partial charge < -0.3 is 5.32 Å². The Balaban J connectivity index is 0.00000144. The number of anilines is 1. The molecule has 1 amide bonds. The molecule has 0 fully saturated rings. The van der Waals surface area contributed by atoms with Gasteiger partial charge in [0.2, 0.25) is 10.7 Å². The van der Waals surface area contributed by atoms with Crippen molar-refractivity contribution in [3.63, 3.8) is 0 Å². The highest BCUT2D eigenvalue weighted by molar-refractivity contribution is 8.93. The minimum atomic E-state index is -0.122. The summed E-state index contributed by atoms with van der Waals surface area (Å²) in [6.45, 7) is 1.45. The number of carbonyl (C=O) groups excluding carboxylic acids is 1. The summed E-state index contributed by atoms with van der Waals surface area (Å²) in [6, 6.07) is 7.21. The first-order chi connectivity index (χ1) is 7.66. The maximum absolute atomic E-state index is 10.9. The zero-order valence-corrected chi connectivity index (χ0v) is 11.4. The normalized spacial score (nSPS) is 9.47. The Kier molecular flexibility index (Phi) is 4.53. The van der Waals surface area contributed by atoms with Gasteiger partial charge in [-0.2, -0.15) is 5.21 Å². The third-order valence-electron chi connectivity index (χ3n) is 1.90. The molecule has 6 nitrogen and oxygen atoms in total. The van der Waals surface area contributed by atoms with Crippen LogP contribution in [0.4, 0.5) is 5.69 Å². The van der Waals surface area contributed by atoms with Crippen LogP contribution in [0.3, 0.4) is 0 Å². The molecule has 0 spiro atoms. The lowest BCUT2D eigenvalue weighted by atomic mass is 10.3. The fourth-order valence-corrected chi connectivity index (χ4v) is 1.48. The predicted octanol–water partition coefficient (Wildman–Crippen LogP) is 1.86. The third kappa shape index (κ3) is 3.21. The number of benzene rings is 1. The van der Waals surface area contributed by atoms with Gasteiger partial charge in [-0.3, -0.25) is 4.79 Å². The van der Waals surface area contributed by atoms with E-state index in [9.17, 15) is 4.79 Å². The maximum atomic E-state index is 10.9. The molecule has 0 atom stereocenters. The van der Waals surface area contributed by atoms with Gasteiger partial charge in [0.05, 0.1) is 5.69 Å². The first kappa shape index (κ1) is 13.5. The van der Waals surface area contributed by atoms with Crippen molar-refractivity contribution >= 4 is 40.8 Å². The Morgan fingerprint density at radius 1 is 1.53 bits per heavy atom. The van der Waals surface area contributed by atoms with E-state index in [1.807, 2.05) is 12.1 Å². The first-order valence-electron chi connectivity index (χ1n) is 4.55. The fourth-order valence-electron chi connectivity index (χ4n) is 1.29. The smallest absolute Gasteiger partial charge is 0.242 e. The number of tetrazole rings is 1. The van der Waals surface area contributed by atoms with E-state index in [4.69, 9.17) is 12.2 Å². The standard InChI is InChI=1S/C9H9N5OS.BrH/c1-6(15)10-7-3-2-4-8(5-7)14-9(16)11-12-13-14;/h2-5H,1H3,(H,10,15)(H,11,13,16);1H. The second kappa shape index (κ2) is 5.69. The van der Waals surface area contributed by atoms with E-state index < -0.39 is 0 Å². The molecule has 17 heavy (non-hydrogen) atoms. The van der Waals surface area contributed by atoms with E-state index >= 15 is 0 Å². The highest BCUT2D eigenvalue weighted by Gasteiger charge is 2.01. The third-order valence-corrected chi connectivity index (χ3v) is 2.16. The van der Waals surface area contributed by atoms with E-state index in [0.29, 0.717) is 10.5 Å². The number of hydrogen-bond acceptors (Lipinski definition) is 4. The van der Waals surface area contributed by atoms with Crippen LogP contribution in [-0.4, -0.2) is 26.1 Å². The van der Waals surface area contributed by atoms with Crippen molar-refractivity contribution in [3.8, 4) is 5.69 Å². The van der Waals surface area contributed by atoms with Gasteiger partial charge in [0, 0.05) is 12.6 Å². The van der Waals surface area contributed by atoms with E-state index in [1.54, 1.807) is 16.8 Å². The second-order valence-corrected chi connectivity index (χ2v) is 3.51. The molecule has 90 valence electrons. The summed E-state index contributed by atoms with van der Waals surface area (Å²) < 4.78 is 1.88. The Labute approximate surface area is 113 Å². The summed E-state index contributed by atoms with van der Waals surface area (Å²) in [6.07, 6.45) is 0. The van der Waals surface area contributed by atoms with Crippen molar-refractivity contribution in [2.75, 3.05) is 5.32 Å². The summed E-state index contributed by atoms with van der Waals surface area (Å²) in [5.41, 5.74) is 1.46. The number of rotatable bonds is 2. The summed E-state index contributed by atoms with van der Waals surface area (Å²) in [5, 5.41) is 12.6. The number of hydrogen-bond donors (Lipinski definition) is 2. The van der Waals surface area contributed by atoms with Crippen molar-refractivity contribution in [1.82, 2.24) is 20.2 Å². The molecule has 1 aromatic carbocycles. The van der Waals surface area contributed by atoms with Crippen LogP contribution in [0.5, 0.6) is 0 Å². The average Bonchev–Trinajstić information content (AvgIpc) is 2.64. The van der Waals surface area contributed by atoms with Crippen LogP contribution in [-0.2, 0) is 4.79 Å². The molecule has 2 rings (SSSR count). The van der Waals surface area contributed by atoms with Gasteiger partial charge in [0.25, 0.3) is 0 Å². The molecular formula is C9H10BrN5OS. The minimum absolute atomic E-state index is 0. The van der Waals surface area contributed by atoms with Crippen molar-refractivity contribution in [3.05, 3.63) is 29.0 Å². The number of amides is 1. The number of aromatic nitrogens is 4. The van der Waals surface area contributed by atoms with Crippen LogP contribution in [0.25, 0.3) is 5.69 Å². The first-order valence-corrected chi connectivity index (χ1v) is 4.96. The molecule has 2 aromatic rings. The fraction of sp³-hybridized carbons (Fsp3) is 0.111. The van der Waals surface area contributed by atoms with Gasteiger partial charge in [-0.1, -0.05) is 16.4 Å². The molecule has 0 radical (unpaired) electrons. The van der Waals surface area contributed by atoms with E-state index in [2.05, 4.69) is 20.8 Å².